The van der Waals surface area contributed by atoms with Crippen LogP contribution in [0.2, 0.25) is 0 Å². The zero-order valence-electron chi connectivity index (χ0n) is 13.5. The SMILES string of the molecule is CCN(CC)CCn1cc(NC(C)c2ccc(C)o2)cn1. The Morgan fingerprint density at radius 2 is 2.10 bits per heavy atom. The van der Waals surface area contributed by atoms with Crippen LogP contribution >= 0.6 is 0 Å². The van der Waals surface area contributed by atoms with E-state index >= 15 is 0 Å². The summed E-state index contributed by atoms with van der Waals surface area (Å²) in [6.45, 7) is 12.5. The second-order valence-electron chi connectivity index (χ2n) is 5.33. The first-order valence-electron chi connectivity index (χ1n) is 7.70. The molecule has 1 unspecified atom stereocenters. The first-order valence-corrected chi connectivity index (χ1v) is 7.70. The van der Waals surface area contributed by atoms with Crippen LogP contribution in [-0.2, 0) is 6.54 Å². The number of nitrogens with one attached hydrogen (secondary N) is 1. The van der Waals surface area contributed by atoms with Crippen LogP contribution in [-0.4, -0.2) is 34.3 Å². The molecule has 21 heavy (non-hydrogen) atoms. The first kappa shape index (κ1) is 15.6. The molecule has 0 spiro atoms. The van der Waals surface area contributed by atoms with Crippen LogP contribution in [0.1, 0.15) is 38.3 Å². The molecule has 0 saturated heterocycles. The molecule has 0 amide bonds. The molecule has 0 aliphatic rings. The average molecular weight is 290 g/mol. The summed E-state index contributed by atoms with van der Waals surface area (Å²) in [6.07, 6.45) is 3.92. The fourth-order valence-corrected chi connectivity index (χ4v) is 2.35. The van der Waals surface area contributed by atoms with Crippen molar-refractivity contribution in [3.05, 3.63) is 36.0 Å². The van der Waals surface area contributed by atoms with Crippen LogP contribution in [0.3, 0.4) is 0 Å². The molecule has 0 radical (unpaired) electrons. The summed E-state index contributed by atoms with van der Waals surface area (Å²) in [5.41, 5.74) is 1.02. The van der Waals surface area contributed by atoms with Gasteiger partial charge >= 0.3 is 0 Å². The molecule has 5 heteroatoms. The molecule has 2 rings (SSSR count). The van der Waals surface area contributed by atoms with E-state index < -0.39 is 0 Å². The van der Waals surface area contributed by atoms with Crippen molar-refractivity contribution in [3.8, 4) is 0 Å². The summed E-state index contributed by atoms with van der Waals surface area (Å²) in [6, 6.07) is 4.14. The van der Waals surface area contributed by atoms with E-state index in [0.717, 1.165) is 43.4 Å². The summed E-state index contributed by atoms with van der Waals surface area (Å²) in [7, 11) is 0. The molecule has 0 saturated carbocycles. The smallest absolute Gasteiger partial charge is 0.126 e. The van der Waals surface area contributed by atoms with E-state index in [-0.39, 0.29) is 6.04 Å². The topological polar surface area (TPSA) is 46.2 Å². The lowest BCUT2D eigenvalue weighted by atomic mass is 10.2. The molecule has 2 heterocycles. The van der Waals surface area contributed by atoms with Crippen molar-refractivity contribution in [2.45, 2.75) is 40.3 Å². The summed E-state index contributed by atoms with van der Waals surface area (Å²) < 4.78 is 7.62. The third-order valence-corrected chi connectivity index (χ3v) is 3.74. The maximum atomic E-state index is 5.64. The van der Waals surface area contributed by atoms with Gasteiger partial charge in [-0.25, -0.2) is 0 Å². The Hall–Kier alpha value is -1.75. The normalized spacial score (nSPS) is 12.8. The van der Waals surface area contributed by atoms with Crippen LogP contribution < -0.4 is 5.32 Å². The Bertz CT molecular complexity index is 542. The number of likely N-dealkylation sites (N-methyl/N-ethyl adjacent to an activating group) is 1. The van der Waals surface area contributed by atoms with Crippen molar-refractivity contribution >= 4 is 5.69 Å². The highest BCUT2D eigenvalue weighted by atomic mass is 16.3. The number of rotatable bonds is 8. The summed E-state index contributed by atoms with van der Waals surface area (Å²) in [4.78, 5) is 2.39. The van der Waals surface area contributed by atoms with Crippen LogP contribution in [0.5, 0.6) is 0 Å². The maximum Gasteiger partial charge on any atom is 0.126 e. The van der Waals surface area contributed by atoms with E-state index in [0.29, 0.717) is 0 Å². The number of hydrogen-bond donors (Lipinski definition) is 1. The van der Waals surface area contributed by atoms with Gasteiger partial charge in [-0.15, -0.1) is 0 Å². The molecule has 1 atom stereocenters. The molecular formula is C16H26N4O. The zero-order chi connectivity index (χ0) is 15.2. The predicted molar refractivity (Wildman–Crippen MR) is 85.5 cm³/mol. The fourth-order valence-electron chi connectivity index (χ4n) is 2.35. The van der Waals surface area contributed by atoms with Gasteiger partial charge in [-0.2, -0.15) is 5.10 Å². The van der Waals surface area contributed by atoms with Gasteiger partial charge in [-0.1, -0.05) is 13.8 Å². The van der Waals surface area contributed by atoms with Crippen LogP contribution in [0.4, 0.5) is 5.69 Å². The Morgan fingerprint density at radius 1 is 1.33 bits per heavy atom. The van der Waals surface area contributed by atoms with Crippen molar-refractivity contribution in [2.24, 2.45) is 0 Å². The lowest BCUT2D eigenvalue weighted by molar-refractivity contribution is 0.285. The quantitative estimate of drug-likeness (QED) is 0.810. The third kappa shape index (κ3) is 4.36. The third-order valence-electron chi connectivity index (χ3n) is 3.74. The summed E-state index contributed by atoms with van der Waals surface area (Å²) >= 11 is 0. The molecule has 1 N–H and O–H groups in total. The van der Waals surface area contributed by atoms with Gasteiger partial charge in [0.05, 0.1) is 24.5 Å². The highest BCUT2D eigenvalue weighted by molar-refractivity contribution is 5.40. The molecule has 5 nitrogen and oxygen atoms in total. The number of anilines is 1. The van der Waals surface area contributed by atoms with Gasteiger partial charge in [0.15, 0.2) is 0 Å². The maximum absolute atomic E-state index is 5.64. The van der Waals surface area contributed by atoms with Gasteiger partial charge in [0.2, 0.25) is 0 Å². The van der Waals surface area contributed by atoms with Gasteiger partial charge in [0.25, 0.3) is 0 Å². The van der Waals surface area contributed by atoms with Crippen molar-refractivity contribution in [2.75, 3.05) is 25.0 Å². The molecule has 116 valence electrons. The largest absolute Gasteiger partial charge is 0.464 e. The molecule has 2 aromatic heterocycles. The number of aromatic nitrogens is 2. The fraction of sp³-hybridized carbons (Fsp3) is 0.562. The summed E-state index contributed by atoms with van der Waals surface area (Å²) in [5.74, 6) is 1.89. The van der Waals surface area contributed by atoms with Gasteiger partial charge in [-0.3, -0.25) is 4.68 Å². The van der Waals surface area contributed by atoms with Gasteiger partial charge in [0.1, 0.15) is 11.5 Å². The molecule has 0 aliphatic carbocycles. The van der Waals surface area contributed by atoms with E-state index in [2.05, 4.69) is 42.3 Å². The van der Waals surface area contributed by atoms with Gasteiger partial charge in [0, 0.05) is 12.7 Å². The lowest BCUT2D eigenvalue weighted by Crippen LogP contribution is -2.27. The Morgan fingerprint density at radius 3 is 2.71 bits per heavy atom. The zero-order valence-corrected chi connectivity index (χ0v) is 13.5. The van der Waals surface area contributed by atoms with Crippen LogP contribution in [0.15, 0.2) is 28.9 Å². The second kappa shape index (κ2) is 7.31. The Labute approximate surface area is 126 Å². The Balaban J connectivity index is 1.88. The van der Waals surface area contributed by atoms with Crippen molar-refractivity contribution < 1.29 is 4.42 Å². The average Bonchev–Trinajstić information content (AvgIpc) is 3.09. The molecule has 0 bridgehead atoms. The number of aryl methyl sites for hydroxylation is 1. The van der Waals surface area contributed by atoms with E-state index in [1.807, 2.05) is 29.9 Å². The minimum atomic E-state index is 0.138. The predicted octanol–water partition coefficient (Wildman–Crippen LogP) is 3.30. The standard InChI is InChI=1S/C16H26N4O/c1-5-19(6-2)9-10-20-12-15(11-17-20)18-14(4)16-8-7-13(3)21-16/h7-8,11-12,14,18H,5-6,9-10H2,1-4H3. The van der Waals surface area contributed by atoms with E-state index in [4.69, 9.17) is 4.42 Å². The second-order valence-corrected chi connectivity index (χ2v) is 5.33. The van der Waals surface area contributed by atoms with Crippen molar-refractivity contribution in [1.82, 2.24) is 14.7 Å². The highest BCUT2D eigenvalue weighted by Gasteiger charge is 2.10. The molecule has 0 fully saturated rings. The van der Waals surface area contributed by atoms with Crippen molar-refractivity contribution in [1.29, 1.82) is 0 Å². The van der Waals surface area contributed by atoms with Crippen LogP contribution in [0.25, 0.3) is 0 Å². The van der Waals surface area contributed by atoms with E-state index in [1.165, 1.54) is 0 Å². The molecule has 2 aromatic rings. The molecule has 0 aliphatic heterocycles. The number of furan rings is 1. The minimum Gasteiger partial charge on any atom is -0.464 e. The highest BCUT2D eigenvalue weighted by Crippen LogP contribution is 2.20. The van der Waals surface area contributed by atoms with E-state index in [1.54, 1.807) is 0 Å². The van der Waals surface area contributed by atoms with Gasteiger partial charge in [-0.05, 0) is 39.1 Å². The minimum absolute atomic E-state index is 0.138. The van der Waals surface area contributed by atoms with Gasteiger partial charge < -0.3 is 14.6 Å². The molecular weight excluding hydrogens is 264 g/mol. The first-order chi connectivity index (χ1) is 10.1. The van der Waals surface area contributed by atoms with Crippen LogP contribution in [0, 0.1) is 6.92 Å². The number of nitrogens with zero attached hydrogens (tertiary/aromatic N) is 3. The monoisotopic (exact) mass is 290 g/mol. The lowest BCUT2D eigenvalue weighted by Gasteiger charge is -2.17. The Kier molecular flexibility index (Phi) is 5.44. The number of hydrogen-bond acceptors (Lipinski definition) is 4. The van der Waals surface area contributed by atoms with E-state index in [9.17, 15) is 0 Å². The summed E-state index contributed by atoms with van der Waals surface area (Å²) in [5, 5.41) is 7.82. The molecule has 0 aromatic carbocycles. The van der Waals surface area contributed by atoms with Crippen molar-refractivity contribution in [3.63, 3.8) is 0 Å².